The molecule has 0 aliphatic heterocycles. The van der Waals surface area contributed by atoms with Gasteiger partial charge in [0.25, 0.3) is 0 Å². The number of nitrogens with zero attached hydrogens (tertiary/aromatic N) is 1. The third-order valence-electron chi connectivity index (χ3n) is 3.27. The smallest absolute Gasteiger partial charge is 0.123 e. The van der Waals surface area contributed by atoms with Gasteiger partial charge in [0, 0.05) is 35.0 Å². The van der Waals surface area contributed by atoms with E-state index in [1.165, 1.54) is 17.7 Å². The SMILES string of the molecule is Fc1ccc(C#Cc2ccc(SNCc3ccncc3)cc2)cc1. The Balaban J connectivity index is 1.55. The summed E-state index contributed by atoms with van der Waals surface area (Å²) in [5.41, 5.74) is 2.92. The first-order valence-electron chi connectivity index (χ1n) is 7.46. The fourth-order valence-electron chi connectivity index (χ4n) is 1.99. The highest BCUT2D eigenvalue weighted by Gasteiger charge is 1.96. The Morgan fingerprint density at radius 2 is 1.42 bits per heavy atom. The minimum atomic E-state index is -0.249. The van der Waals surface area contributed by atoms with E-state index in [0.717, 1.165) is 22.6 Å². The summed E-state index contributed by atoms with van der Waals surface area (Å²) in [6.45, 7) is 0.777. The monoisotopic (exact) mass is 334 g/mol. The Bertz CT molecular complexity index is 835. The Kier molecular flexibility index (Phi) is 5.62. The fourth-order valence-corrected chi connectivity index (χ4v) is 2.66. The highest BCUT2D eigenvalue weighted by molar-refractivity contribution is 7.97. The summed E-state index contributed by atoms with van der Waals surface area (Å²) in [7, 11) is 0. The van der Waals surface area contributed by atoms with Crippen LogP contribution in [0.1, 0.15) is 16.7 Å². The molecule has 1 aromatic heterocycles. The van der Waals surface area contributed by atoms with Crippen LogP contribution in [-0.4, -0.2) is 4.98 Å². The first-order valence-corrected chi connectivity index (χ1v) is 8.27. The zero-order chi connectivity index (χ0) is 16.6. The molecule has 0 aliphatic carbocycles. The van der Waals surface area contributed by atoms with Crippen LogP contribution >= 0.6 is 11.9 Å². The molecule has 0 bridgehead atoms. The highest BCUT2D eigenvalue weighted by atomic mass is 32.2. The van der Waals surface area contributed by atoms with Gasteiger partial charge in [0.2, 0.25) is 0 Å². The number of pyridine rings is 1. The van der Waals surface area contributed by atoms with Crippen molar-refractivity contribution in [3.8, 4) is 11.8 Å². The van der Waals surface area contributed by atoms with Crippen molar-refractivity contribution in [1.82, 2.24) is 9.71 Å². The lowest BCUT2D eigenvalue weighted by Gasteiger charge is -2.04. The van der Waals surface area contributed by atoms with E-state index in [1.54, 1.807) is 36.5 Å². The lowest BCUT2D eigenvalue weighted by Crippen LogP contribution is -2.02. The minimum Gasteiger partial charge on any atom is -0.265 e. The molecule has 0 amide bonds. The standard InChI is InChI=1S/C20H15FN2S/c21-19-7-3-16(4-8-19)1-2-17-5-9-20(10-6-17)24-23-15-18-11-13-22-14-12-18/h3-14,23H,15H2. The quantitative estimate of drug-likeness (QED) is 0.565. The van der Waals surface area contributed by atoms with Crippen molar-refractivity contribution >= 4 is 11.9 Å². The average molecular weight is 334 g/mol. The van der Waals surface area contributed by atoms with Crippen LogP contribution in [-0.2, 0) is 6.54 Å². The van der Waals surface area contributed by atoms with Crippen molar-refractivity contribution in [3.05, 3.63) is 95.6 Å². The second kappa shape index (κ2) is 8.30. The Morgan fingerprint density at radius 3 is 2.04 bits per heavy atom. The van der Waals surface area contributed by atoms with Gasteiger partial charge in [-0.15, -0.1) is 0 Å². The predicted octanol–water partition coefficient (Wildman–Crippen LogP) is 4.42. The topological polar surface area (TPSA) is 24.9 Å². The van der Waals surface area contributed by atoms with Gasteiger partial charge < -0.3 is 0 Å². The maximum absolute atomic E-state index is 12.8. The molecular weight excluding hydrogens is 319 g/mol. The first kappa shape index (κ1) is 16.3. The highest BCUT2D eigenvalue weighted by Crippen LogP contribution is 2.15. The van der Waals surface area contributed by atoms with E-state index in [1.807, 2.05) is 36.4 Å². The van der Waals surface area contributed by atoms with Crippen molar-refractivity contribution in [2.45, 2.75) is 11.4 Å². The third kappa shape index (κ3) is 4.95. The summed E-state index contributed by atoms with van der Waals surface area (Å²) in [6, 6.07) is 18.2. The lowest BCUT2D eigenvalue weighted by molar-refractivity contribution is 0.627. The van der Waals surface area contributed by atoms with Crippen molar-refractivity contribution in [3.63, 3.8) is 0 Å². The summed E-state index contributed by atoms with van der Waals surface area (Å²) >= 11 is 1.58. The molecule has 0 aliphatic rings. The minimum absolute atomic E-state index is 0.249. The van der Waals surface area contributed by atoms with Gasteiger partial charge in [-0.3, -0.25) is 9.71 Å². The number of rotatable bonds is 4. The second-order valence-electron chi connectivity index (χ2n) is 5.06. The van der Waals surface area contributed by atoms with E-state index in [-0.39, 0.29) is 5.82 Å². The zero-order valence-corrected chi connectivity index (χ0v) is 13.7. The molecule has 2 nitrogen and oxygen atoms in total. The molecule has 0 spiro atoms. The maximum Gasteiger partial charge on any atom is 0.123 e. The van der Waals surface area contributed by atoms with Crippen LogP contribution < -0.4 is 4.72 Å². The van der Waals surface area contributed by atoms with Crippen LogP contribution in [0.4, 0.5) is 4.39 Å². The van der Waals surface area contributed by atoms with E-state index in [0.29, 0.717) is 0 Å². The van der Waals surface area contributed by atoms with Gasteiger partial charge in [0.1, 0.15) is 5.82 Å². The average Bonchev–Trinajstić information content (AvgIpc) is 2.63. The molecule has 0 fully saturated rings. The van der Waals surface area contributed by atoms with Gasteiger partial charge >= 0.3 is 0 Å². The fraction of sp³-hybridized carbons (Fsp3) is 0.0500. The van der Waals surface area contributed by atoms with Crippen molar-refractivity contribution in [2.24, 2.45) is 0 Å². The van der Waals surface area contributed by atoms with E-state index in [4.69, 9.17) is 0 Å². The predicted molar refractivity (Wildman–Crippen MR) is 95.8 cm³/mol. The molecule has 2 aromatic carbocycles. The summed E-state index contributed by atoms with van der Waals surface area (Å²) in [5, 5.41) is 0. The second-order valence-corrected chi connectivity index (χ2v) is 6.02. The number of nitrogens with one attached hydrogen (secondary N) is 1. The van der Waals surface area contributed by atoms with Crippen LogP contribution in [0.2, 0.25) is 0 Å². The number of aromatic nitrogens is 1. The summed E-state index contributed by atoms with van der Waals surface area (Å²) in [6.07, 6.45) is 3.58. The molecule has 0 atom stereocenters. The summed E-state index contributed by atoms with van der Waals surface area (Å²) in [5.74, 6) is 5.86. The van der Waals surface area contributed by atoms with Crippen LogP contribution in [0.25, 0.3) is 0 Å². The van der Waals surface area contributed by atoms with Crippen molar-refractivity contribution < 1.29 is 4.39 Å². The van der Waals surface area contributed by atoms with Crippen LogP contribution in [0, 0.1) is 17.7 Å². The Hall–Kier alpha value is -2.61. The molecule has 0 saturated heterocycles. The molecule has 0 unspecified atom stereocenters. The molecule has 0 radical (unpaired) electrons. The molecule has 3 aromatic rings. The number of hydrogen-bond donors (Lipinski definition) is 1. The molecule has 118 valence electrons. The zero-order valence-electron chi connectivity index (χ0n) is 12.9. The number of halogens is 1. The lowest BCUT2D eigenvalue weighted by atomic mass is 10.2. The van der Waals surface area contributed by atoms with E-state index in [9.17, 15) is 4.39 Å². The van der Waals surface area contributed by atoms with Crippen LogP contribution in [0.15, 0.2) is 78.0 Å². The van der Waals surface area contributed by atoms with Crippen LogP contribution in [0.5, 0.6) is 0 Å². The van der Waals surface area contributed by atoms with Gasteiger partial charge in [-0.2, -0.15) is 0 Å². The maximum atomic E-state index is 12.8. The molecule has 1 heterocycles. The van der Waals surface area contributed by atoms with Gasteiger partial charge in [-0.25, -0.2) is 4.39 Å². The van der Waals surface area contributed by atoms with Gasteiger partial charge in [-0.05, 0) is 78.2 Å². The van der Waals surface area contributed by atoms with E-state index >= 15 is 0 Å². The Labute approximate surface area is 145 Å². The Morgan fingerprint density at radius 1 is 0.833 bits per heavy atom. The van der Waals surface area contributed by atoms with E-state index < -0.39 is 0 Å². The van der Waals surface area contributed by atoms with Gasteiger partial charge in [0.05, 0.1) is 0 Å². The summed E-state index contributed by atoms with van der Waals surface area (Å²) < 4.78 is 16.2. The number of hydrogen-bond acceptors (Lipinski definition) is 3. The molecule has 4 heteroatoms. The summed E-state index contributed by atoms with van der Waals surface area (Å²) in [4.78, 5) is 5.12. The molecule has 24 heavy (non-hydrogen) atoms. The molecule has 1 N–H and O–H groups in total. The van der Waals surface area contributed by atoms with Crippen molar-refractivity contribution in [1.29, 1.82) is 0 Å². The normalized spacial score (nSPS) is 10.0. The van der Waals surface area contributed by atoms with Gasteiger partial charge in [-0.1, -0.05) is 11.8 Å². The molecule has 3 rings (SSSR count). The third-order valence-corrected chi connectivity index (χ3v) is 4.06. The first-order chi connectivity index (χ1) is 11.8. The molecular formula is C20H15FN2S. The number of benzene rings is 2. The van der Waals surface area contributed by atoms with Crippen molar-refractivity contribution in [2.75, 3.05) is 0 Å². The van der Waals surface area contributed by atoms with E-state index in [2.05, 4.69) is 21.5 Å². The largest absolute Gasteiger partial charge is 0.265 e. The van der Waals surface area contributed by atoms with Crippen LogP contribution in [0.3, 0.4) is 0 Å². The molecule has 0 saturated carbocycles. The van der Waals surface area contributed by atoms with Gasteiger partial charge in [0.15, 0.2) is 0 Å².